The normalized spacial score (nSPS) is 12.5. The Morgan fingerprint density at radius 3 is 2.80 bits per heavy atom. The van der Waals surface area contributed by atoms with Crippen LogP contribution in [-0.2, 0) is 0 Å². The summed E-state index contributed by atoms with van der Waals surface area (Å²) >= 11 is 3.47. The number of nitrogens with one attached hydrogen (secondary N) is 1. The van der Waals surface area contributed by atoms with E-state index in [-0.39, 0.29) is 0 Å². The first-order valence-electron chi connectivity index (χ1n) is 4.96. The van der Waals surface area contributed by atoms with Crippen LogP contribution < -0.4 is 15.8 Å². The van der Waals surface area contributed by atoms with Crippen LogP contribution in [0.15, 0.2) is 22.7 Å². The van der Waals surface area contributed by atoms with Gasteiger partial charge in [-0.25, -0.2) is 0 Å². The molecule has 0 spiro atoms. The quantitative estimate of drug-likeness (QED) is 0.863. The summed E-state index contributed by atoms with van der Waals surface area (Å²) in [6, 6.07) is 6.38. The van der Waals surface area contributed by atoms with E-state index in [4.69, 9.17) is 10.5 Å². The maximum absolute atomic E-state index is 5.44. The summed E-state index contributed by atoms with van der Waals surface area (Å²) in [4.78, 5) is 0. The van der Waals surface area contributed by atoms with E-state index in [1.165, 1.54) is 5.56 Å². The highest BCUT2D eigenvalue weighted by Crippen LogP contribution is 2.27. The van der Waals surface area contributed by atoms with Crippen molar-refractivity contribution in [3.63, 3.8) is 0 Å². The van der Waals surface area contributed by atoms with Crippen LogP contribution in [0, 0.1) is 0 Å². The van der Waals surface area contributed by atoms with Gasteiger partial charge >= 0.3 is 0 Å². The van der Waals surface area contributed by atoms with Gasteiger partial charge in [-0.3, -0.25) is 0 Å². The third-order valence-corrected chi connectivity index (χ3v) is 2.89. The molecule has 15 heavy (non-hydrogen) atoms. The Bertz CT molecular complexity index is 317. The van der Waals surface area contributed by atoms with E-state index in [0.29, 0.717) is 12.6 Å². The van der Waals surface area contributed by atoms with Crippen molar-refractivity contribution in [1.29, 1.82) is 0 Å². The molecule has 1 unspecified atom stereocenters. The van der Waals surface area contributed by atoms with Crippen LogP contribution in [0.25, 0.3) is 0 Å². The second-order valence-electron chi connectivity index (χ2n) is 3.36. The number of ether oxygens (including phenoxy) is 1. The smallest absolute Gasteiger partial charge is 0.133 e. The monoisotopic (exact) mass is 272 g/mol. The Morgan fingerprint density at radius 2 is 2.27 bits per heavy atom. The number of benzene rings is 1. The molecule has 3 nitrogen and oxygen atoms in total. The highest BCUT2D eigenvalue weighted by atomic mass is 79.9. The standard InChI is InChI=1S/C11H17BrN2O/c1-8(14-6-5-13)9-3-4-11(15-2)10(12)7-9/h3-4,7-8,14H,5-6,13H2,1-2H3. The molecule has 1 aromatic rings. The molecule has 0 saturated carbocycles. The molecule has 3 N–H and O–H groups in total. The molecule has 0 aliphatic rings. The molecule has 0 aromatic heterocycles. The van der Waals surface area contributed by atoms with Crippen molar-refractivity contribution in [2.24, 2.45) is 5.73 Å². The van der Waals surface area contributed by atoms with Gasteiger partial charge in [-0.1, -0.05) is 6.07 Å². The summed E-state index contributed by atoms with van der Waals surface area (Å²) in [6.45, 7) is 3.59. The minimum Gasteiger partial charge on any atom is -0.496 e. The third kappa shape index (κ3) is 3.48. The zero-order valence-corrected chi connectivity index (χ0v) is 10.7. The first-order chi connectivity index (χ1) is 7.19. The zero-order chi connectivity index (χ0) is 11.3. The fourth-order valence-electron chi connectivity index (χ4n) is 1.37. The van der Waals surface area contributed by atoms with E-state index in [2.05, 4.69) is 40.3 Å². The Hall–Kier alpha value is -0.580. The predicted molar refractivity (Wildman–Crippen MR) is 66.2 cm³/mol. The van der Waals surface area contributed by atoms with Gasteiger partial charge in [0.05, 0.1) is 11.6 Å². The zero-order valence-electron chi connectivity index (χ0n) is 9.09. The molecule has 0 aliphatic heterocycles. The first kappa shape index (κ1) is 12.5. The van der Waals surface area contributed by atoms with Gasteiger partial charge in [-0.05, 0) is 40.5 Å². The van der Waals surface area contributed by atoms with Crippen LogP contribution in [-0.4, -0.2) is 20.2 Å². The molecular formula is C11H17BrN2O. The molecule has 1 atom stereocenters. The van der Waals surface area contributed by atoms with E-state index < -0.39 is 0 Å². The van der Waals surface area contributed by atoms with Crippen LogP contribution >= 0.6 is 15.9 Å². The molecule has 1 aromatic carbocycles. The molecule has 0 aliphatic carbocycles. The van der Waals surface area contributed by atoms with E-state index in [9.17, 15) is 0 Å². The Balaban J connectivity index is 2.73. The second-order valence-corrected chi connectivity index (χ2v) is 4.21. The minimum atomic E-state index is 0.302. The summed E-state index contributed by atoms with van der Waals surface area (Å²) in [5, 5.41) is 3.33. The molecule has 0 heterocycles. The average molecular weight is 273 g/mol. The van der Waals surface area contributed by atoms with Gasteiger partial charge in [0.15, 0.2) is 0 Å². The van der Waals surface area contributed by atoms with Crippen LogP contribution in [0.3, 0.4) is 0 Å². The van der Waals surface area contributed by atoms with Crippen LogP contribution in [0.1, 0.15) is 18.5 Å². The van der Waals surface area contributed by atoms with Crippen molar-refractivity contribution in [3.8, 4) is 5.75 Å². The van der Waals surface area contributed by atoms with Gasteiger partial charge in [0, 0.05) is 19.1 Å². The van der Waals surface area contributed by atoms with E-state index in [0.717, 1.165) is 16.8 Å². The third-order valence-electron chi connectivity index (χ3n) is 2.27. The SMILES string of the molecule is COc1ccc(C(C)NCCN)cc1Br. The minimum absolute atomic E-state index is 0.302. The molecular weight excluding hydrogens is 256 g/mol. The number of hydrogen-bond acceptors (Lipinski definition) is 3. The fourth-order valence-corrected chi connectivity index (χ4v) is 1.93. The summed E-state index contributed by atoms with van der Waals surface area (Å²) < 4.78 is 6.15. The molecule has 0 radical (unpaired) electrons. The topological polar surface area (TPSA) is 47.3 Å². The lowest BCUT2D eigenvalue weighted by Gasteiger charge is -2.14. The number of nitrogens with two attached hydrogens (primary N) is 1. The Morgan fingerprint density at radius 1 is 1.53 bits per heavy atom. The van der Waals surface area contributed by atoms with Gasteiger partial charge < -0.3 is 15.8 Å². The van der Waals surface area contributed by atoms with Crippen LogP contribution in [0.2, 0.25) is 0 Å². The molecule has 1 rings (SSSR count). The van der Waals surface area contributed by atoms with Crippen molar-refractivity contribution >= 4 is 15.9 Å². The van der Waals surface area contributed by atoms with Crippen LogP contribution in [0.5, 0.6) is 5.75 Å². The number of rotatable bonds is 5. The first-order valence-corrected chi connectivity index (χ1v) is 5.75. The van der Waals surface area contributed by atoms with Crippen molar-refractivity contribution in [2.75, 3.05) is 20.2 Å². The number of halogens is 1. The summed E-state index contributed by atoms with van der Waals surface area (Å²) in [6.07, 6.45) is 0. The van der Waals surface area contributed by atoms with Gasteiger partial charge in [0.2, 0.25) is 0 Å². The molecule has 0 fully saturated rings. The van der Waals surface area contributed by atoms with Gasteiger partial charge in [0.25, 0.3) is 0 Å². The number of methoxy groups -OCH3 is 1. The van der Waals surface area contributed by atoms with Gasteiger partial charge in [-0.2, -0.15) is 0 Å². The van der Waals surface area contributed by atoms with Crippen LogP contribution in [0.4, 0.5) is 0 Å². The predicted octanol–water partition coefficient (Wildman–Crippen LogP) is 2.07. The van der Waals surface area contributed by atoms with E-state index >= 15 is 0 Å². The summed E-state index contributed by atoms with van der Waals surface area (Å²) in [7, 11) is 1.66. The lowest BCUT2D eigenvalue weighted by molar-refractivity contribution is 0.411. The van der Waals surface area contributed by atoms with E-state index in [1.54, 1.807) is 7.11 Å². The van der Waals surface area contributed by atoms with Crippen molar-refractivity contribution in [2.45, 2.75) is 13.0 Å². The Kier molecular flexibility index (Phi) is 5.08. The number of hydrogen-bond donors (Lipinski definition) is 2. The maximum Gasteiger partial charge on any atom is 0.133 e. The highest BCUT2D eigenvalue weighted by Gasteiger charge is 2.07. The fraction of sp³-hybridized carbons (Fsp3) is 0.455. The summed E-state index contributed by atoms with van der Waals surface area (Å²) in [5.41, 5.74) is 6.66. The summed E-state index contributed by atoms with van der Waals surface area (Å²) in [5.74, 6) is 0.852. The highest BCUT2D eigenvalue weighted by molar-refractivity contribution is 9.10. The molecule has 0 bridgehead atoms. The van der Waals surface area contributed by atoms with Crippen molar-refractivity contribution in [1.82, 2.24) is 5.32 Å². The lowest BCUT2D eigenvalue weighted by atomic mass is 10.1. The van der Waals surface area contributed by atoms with E-state index in [1.807, 2.05) is 6.07 Å². The van der Waals surface area contributed by atoms with Gasteiger partial charge in [-0.15, -0.1) is 0 Å². The molecule has 0 saturated heterocycles. The molecule has 0 amide bonds. The largest absolute Gasteiger partial charge is 0.496 e. The maximum atomic E-state index is 5.44. The molecule has 4 heteroatoms. The molecule has 84 valence electrons. The van der Waals surface area contributed by atoms with Crippen molar-refractivity contribution < 1.29 is 4.74 Å². The lowest BCUT2D eigenvalue weighted by Crippen LogP contribution is -2.25. The average Bonchev–Trinajstić information content (AvgIpc) is 2.25. The Labute approximate surface area is 99.1 Å². The van der Waals surface area contributed by atoms with Gasteiger partial charge in [0.1, 0.15) is 5.75 Å². The second kappa shape index (κ2) is 6.10. The van der Waals surface area contributed by atoms with Crippen molar-refractivity contribution in [3.05, 3.63) is 28.2 Å².